The Kier molecular flexibility index (Phi) is 9.76. The monoisotopic (exact) mass is 870 g/mol. The highest BCUT2D eigenvalue weighted by Crippen LogP contribution is 2.68. The van der Waals surface area contributed by atoms with Gasteiger partial charge in [0.05, 0.1) is 27.4 Å². The Morgan fingerprint density at radius 3 is 2.43 bits per heavy atom. The van der Waals surface area contributed by atoms with Crippen molar-refractivity contribution in [1.29, 1.82) is 0 Å². The second-order valence-corrected chi connectivity index (χ2v) is 19.9. The standard InChI is InChI=1S/C49H60F2N4O8/c1-8-46-15-9-17-55-19-16-47(40(46)55)34-22-35(38(60-5)23-37(34)53(4)41(47)49(59,44(58)62-7)42(46)63-27(2)56)48(43(57)61-6)24-28-20-31(45(3,50)51)26-54(25-28)18-14-32-33-21-30(29-10-11-29)12-13-36(33)52-39(32)48/h9,12-13,15,21-23,28-29,31,40-42,52,59H,8,10-11,14,16-20,24-26H2,1-7H3/t28-,31-,40+,41-,42-,46-,47-,48+,49+/m1/s1. The van der Waals surface area contributed by atoms with E-state index < -0.39 is 63.7 Å². The van der Waals surface area contributed by atoms with Crippen molar-refractivity contribution in [3.63, 3.8) is 0 Å². The van der Waals surface area contributed by atoms with Crippen LogP contribution in [-0.4, -0.2) is 129 Å². The zero-order valence-electron chi connectivity index (χ0n) is 37.4. The molecule has 2 aliphatic carbocycles. The molecule has 0 radical (unpaired) electrons. The van der Waals surface area contributed by atoms with E-state index in [9.17, 15) is 14.7 Å². The molecule has 10 rings (SSSR count). The molecule has 7 aliphatic rings. The number of likely N-dealkylation sites (N-methyl/N-ethyl adjacent to an activating group) is 1. The van der Waals surface area contributed by atoms with Crippen LogP contribution in [0.5, 0.6) is 5.75 Å². The van der Waals surface area contributed by atoms with E-state index in [0.29, 0.717) is 74.1 Å². The number of anilines is 1. The summed E-state index contributed by atoms with van der Waals surface area (Å²) in [7, 11) is 6.01. The molecule has 3 aromatic rings. The highest BCUT2D eigenvalue weighted by Gasteiger charge is 2.80. The lowest BCUT2D eigenvalue weighted by molar-refractivity contribution is -0.228. The summed E-state index contributed by atoms with van der Waals surface area (Å²) in [5, 5.41) is 14.4. The summed E-state index contributed by atoms with van der Waals surface area (Å²) in [6.45, 7) is 6.86. The lowest BCUT2D eigenvalue weighted by atomic mass is 9.47. The van der Waals surface area contributed by atoms with Gasteiger partial charge in [-0.2, -0.15) is 0 Å². The van der Waals surface area contributed by atoms with E-state index >= 15 is 13.6 Å². The summed E-state index contributed by atoms with van der Waals surface area (Å²) in [6.07, 6.45) is 6.84. The van der Waals surface area contributed by atoms with Crippen LogP contribution in [0.1, 0.15) is 93.2 Å². The Balaban J connectivity index is 1.27. The summed E-state index contributed by atoms with van der Waals surface area (Å²) >= 11 is 0. The van der Waals surface area contributed by atoms with E-state index in [1.807, 2.05) is 43.2 Å². The first kappa shape index (κ1) is 42.4. The molecule has 2 aromatic carbocycles. The average Bonchev–Trinajstić information content (AvgIpc) is 3.88. The number of halogens is 2. The Morgan fingerprint density at radius 2 is 1.76 bits per heavy atom. The van der Waals surface area contributed by atoms with Gasteiger partial charge in [-0.1, -0.05) is 25.1 Å². The van der Waals surface area contributed by atoms with Gasteiger partial charge in [-0.25, -0.2) is 13.6 Å². The SMILES string of the molecule is CC[C@]12C=CCN3CC[C@@]4(c5cc([C@@]6(C(=O)OC)C[C@H]7C[C@@H](C(C)(F)F)CN(CCc8c6[nH]c6ccc(C9CC9)cc86)C7)c(OC)cc5N(C)[C@H]4[C@@](O)(C(=O)OC)[C@@H]1OC(C)=O)[C@@H]32. The molecule has 6 heterocycles. The van der Waals surface area contributed by atoms with Crippen LogP contribution in [0.2, 0.25) is 0 Å². The van der Waals surface area contributed by atoms with Gasteiger partial charge in [0.15, 0.2) is 6.10 Å². The molecule has 2 N–H and O–H groups in total. The maximum absolute atomic E-state index is 15.5. The first-order chi connectivity index (χ1) is 30.0. The molecule has 63 heavy (non-hydrogen) atoms. The second kappa shape index (κ2) is 14.5. The van der Waals surface area contributed by atoms with E-state index in [2.05, 4.69) is 33.0 Å². The normalized spacial score (nSPS) is 35.7. The number of alkyl halides is 2. The van der Waals surface area contributed by atoms with Crippen LogP contribution in [0.15, 0.2) is 42.5 Å². The van der Waals surface area contributed by atoms with Gasteiger partial charge in [0.25, 0.3) is 0 Å². The minimum Gasteiger partial charge on any atom is -0.496 e. The molecule has 14 heteroatoms. The summed E-state index contributed by atoms with van der Waals surface area (Å²) in [5.41, 5.74) is -0.123. The molecule has 2 bridgehead atoms. The number of carbonyl (C=O) groups is 3. The molecule has 2 saturated heterocycles. The Morgan fingerprint density at radius 1 is 1.00 bits per heavy atom. The lowest BCUT2D eigenvalue weighted by Crippen LogP contribution is -2.81. The van der Waals surface area contributed by atoms with E-state index in [0.717, 1.165) is 41.8 Å². The summed E-state index contributed by atoms with van der Waals surface area (Å²) in [5.74, 6) is -5.38. The topological polar surface area (TPSA) is 134 Å². The minimum atomic E-state index is -2.93. The van der Waals surface area contributed by atoms with Crippen molar-refractivity contribution >= 4 is 34.5 Å². The number of hydrogen-bond donors (Lipinski definition) is 2. The molecular formula is C49H60F2N4O8. The van der Waals surface area contributed by atoms with Crippen molar-refractivity contribution in [1.82, 2.24) is 14.8 Å². The maximum atomic E-state index is 15.5. The van der Waals surface area contributed by atoms with E-state index in [1.165, 1.54) is 26.7 Å². The van der Waals surface area contributed by atoms with E-state index in [4.69, 9.17) is 18.9 Å². The van der Waals surface area contributed by atoms with Gasteiger partial charge in [-0.05, 0) is 105 Å². The van der Waals surface area contributed by atoms with Crippen molar-refractivity contribution in [3.8, 4) is 5.75 Å². The van der Waals surface area contributed by atoms with Gasteiger partial charge in [-0.3, -0.25) is 14.5 Å². The predicted molar refractivity (Wildman–Crippen MR) is 231 cm³/mol. The molecule has 4 fully saturated rings. The third kappa shape index (κ3) is 5.74. The number of piperidine rings is 1. The first-order valence-electron chi connectivity index (χ1n) is 22.7. The van der Waals surface area contributed by atoms with Gasteiger partial charge in [-0.15, -0.1) is 0 Å². The minimum absolute atomic E-state index is 0.164. The fraction of sp³-hybridized carbons (Fsp3) is 0.612. The number of aromatic nitrogens is 1. The maximum Gasteiger partial charge on any atom is 0.344 e. The quantitative estimate of drug-likeness (QED) is 0.157. The molecule has 0 amide bonds. The number of hydrogen-bond acceptors (Lipinski definition) is 11. The van der Waals surface area contributed by atoms with Crippen LogP contribution in [0.3, 0.4) is 0 Å². The van der Waals surface area contributed by atoms with Crippen LogP contribution in [0.4, 0.5) is 14.5 Å². The Hall–Kier alpha value is -4.53. The van der Waals surface area contributed by atoms with Gasteiger partial charge >= 0.3 is 17.9 Å². The van der Waals surface area contributed by atoms with Crippen LogP contribution in [0.25, 0.3) is 10.9 Å². The highest BCUT2D eigenvalue weighted by molar-refractivity contribution is 5.95. The molecule has 1 unspecified atom stereocenters. The fourth-order valence-corrected chi connectivity index (χ4v) is 14.2. The van der Waals surface area contributed by atoms with Crippen molar-refractivity contribution in [2.75, 3.05) is 66.0 Å². The number of benzene rings is 2. The number of aliphatic hydroxyl groups is 1. The van der Waals surface area contributed by atoms with Crippen molar-refractivity contribution < 1.29 is 47.2 Å². The number of carbonyl (C=O) groups excluding carboxylic acids is 3. The number of esters is 3. The number of ether oxygens (including phenoxy) is 4. The average molecular weight is 871 g/mol. The Labute approximate surface area is 367 Å². The molecular weight excluding hydrogens is 811 g/mol. The van der Waals surface area contributed by atoms with Gasteiger partial charge in [0.2, 0.25) is 11.5 Å². The molecule has 2 saturated carbocycles. The number of aromatic amines is 1. The summed E-state index contributed by atoms with van der Waals surface area (Å²) in [6, 6.07) is 9.11. The van der Waals surface area contributed by atoms with E-state index in [-0.39, 0.29) is 31.3 Å². The lowest BCUT2D eigenvalue weighted by Gasteiger charge is -2.63. The molecule has 12 nitrogen and oxygen atoms in total. The second-order valence-electron chi connectivity index (χ2n) is 19.9. The number of nitrogens with zero attached hydrogens (tertiary/aromatic N) is 3. The number of rotatable bonds is 8. The predicted octanol–water partition coefficient (Wildman–Crippen LogP) is 6.00. The molecule has 10 atom stereocenters. The molecule has 5 aliphatic heterocycles. The third-order valence-electron chi connectivity index (χ3n) is 16.7. The zero-order valence-corrected chi connectivity index (χ0v) is 37.4. The number of H-pyrrole nitrogens is 1. The number of nitrogens with one attached hydrogen (secondary N) is 1. The summed E-state index contributed by atoms with van der Waals surface area (Å²) in [4.78, 5) is 53.2. The smallest absolute Gasteiger partial charge is 0.344 e. The van der Waals surface area contributed by atoms with Gasteiger partial charge in [0, 0.05) is 96.9 Å². The van der Waals surface area contributed by atoms with E-state index in [1.54, 1.807) is 7.11 Å². The largest absolute Gasteiger partial charge is 0.496 e. The Bertz CT molecular complexity index is 2430. The van der Waals surface area contributed by atoms with Crippen molar-refractivity contribution in [3.05, 3.63) is 70.4 Å². The van der Waals surface area contributed by atoms with Crippen LogP contribution in [0, 0.1) is 17.3 Å². The van der Waals surface area contributed by atoms with Crippen molar-refractivity contribution in [2.45, 2.75) is 112 Å². The van der Waals surface area contributed by atoms with Gasteiger partial charge in [0.1, 0.15) is 11.2 Å². The number of fused-ring (bicyclic) bond motifs is 6. The third-order valence-corrected chi connectivity index (χ3v) is 16.7. The molecule has 338 valence electrons. The molecule has 1 spiro atoms. The first-order valence-corrected chi connectivity index (χ1v) is 22.7. The highest BCUT2D eigenvalue weighted by atomic mass is 19.3. The van der Waals surface area contributed by atoms with Crippen LogP contribution >= 0.6 is 0 Å². The zero-order chi connectivity index (χ0) is 44.6. The van der Waals surface area contributed by atoms with Crippen LogP contribution < -0.4 is 9.64 Å². The van der Waals surface area contributed by atoms with Crippen LogP contribution in [-0.2, 0) is 45.8 Å². The van der Waals surface area contributed by atoms with Crippen molar-refractivity contribution in [2.24, 2.45) is 17.3 Å². The van der Waals surface area contributed by atoms with Gasteiger partial charge < -0.3 is 38.8 Å². The fourth-order valence-electron chi connectivity index (χ4n) is 14.2. The molecule has 1 aromatic heterocycles. The number of methoxy groups -OCH3 is 3. The summed E-state index contributed by atoms with van der Waals surface area (Å²) < 4.78 is 54.9.